The van der Waals surface area contributed by atoms with Crippen LogP contribution in [0.3, 0.4) is 0 Å². The van der Waals surface area contributed by atoms with E-state index in [2.05, 4.69) is 21.8 Å². The summed E-state index contributed by atoms with van der Waals surface area (Å²) < 4.78 is 41.3. The summed E-state index contributed by atoms with van der Waals surface area (Å²) >= 11 is 6.39. The van der Waals surface area contributed by atoms with Crippen LogP contribution in [0.5, 0.6) is 5.75 Å². The Morgan fingerprint density at radius 3 is 2.81 bits per heavy atom. The number of aliphatic hydroxyl groups excluding tert-OH is 1. The second-order valence-electron chi connectivity index (χ2n) is 12.9. The number of carbonyl (C=O) groups excluding carboxylic acids is 1. The predicted molar refractivity (Wildman–Crippen MR) is 166 cm³/mol. The normalized spacial score (nSPS) is 32.8. The number of aryl methyl sites for hydroxylation is 1. The number of anilines is 1. The third-order valence-electron chi connectivity index (χ3n) is 10.1. The standard InChI is InChI=1S/C33H41ClN2O6S/c1-21-5-3-7-30(37)26-11-8-23(26)17-36-19-33(14-4-6-22-15-24(34)9-12-28(22)33)20-42-31-13-10-25(16-29(31)36)43(39,40)35-32(38)27(21)18-41-2/h3,7,9-10,12-13,15-16,21,23,26-27,30,37H,4-6,8,11,14,17-20H2,1-2H3,(H,35,38)/b7-3-/t21-,23-,26+,27+,30+,33-/m0/s1. The third kappa shape index (κ3) is 5.93. The van der Waals surface area contributed by atoms with Crippen LogP contribution in [0.4, 0.5) is 5.69 Å². The molecule has 2 aromatic carbocycles. The molecule has 6 rings (SSSR count). The van der Waals surface area contributed by atoms with E-state index in [9.17, 15) is 18.3 Å². The zero-order chi connectivity index (χ0) is 30.4. The molecule has 2 heterocycles. The van der Waals surface area contributed by atoms with Crippen LogP contribution in [-0.4, -0.2) is 58.9 Å². The molecular weight excluding hydrogens is 588 g/mol. The highest BCUT2D eigenvalue weighted by Crippen LogP contribution is 2.47. The van der Waals surface area contributed by atoms with Gasteiger partial charge in [-0.2, -0.15) is 0 Å². The van der Waals surface area contributed by atoms with E-state index in [1.54, 1.807) is 12.1 Å². The van der Waals surface area contributed by atoms with Crippen LogP contribution in [0.1, 0.15) is 50.2 Å². The number of carbonyl (C=O) groups is 1. The van der Waals surface area contributed by atoms with E-state index in [-0.39, 0.29) is 34.7 Å². The molecule has 1 amide bonds. The molecule has 10 heteroatoms. The Balaban J connectivity index is 1.43. The number of fused-ring (bicyclic) bond motifs is 4. The van der Waals surface area contributed by atoms with Crippen molar-refractivity contribution in [2.75, 3.05) is 38.3 Å². The fourth-order valence-electron chi connectivity index (χ4n) is 7.50. The van der Waals surface area contributed by atoms with Crippen molar-refractivity contribution in [1.29, 1.82) is 0 Å². The number of methoxy groups -OCH3 is 1. The van der Waals surface area contributed by atoms with Crippen molar-refractivity contribution in [3.8, 4) is 5.75 Å². The van der Waals surface area contributed by atoms with E-state index in [1.807, 2.05) is 25.1 Å². The molecule has 1 saturated carbocycles. The number of allylic oxidation sites excluding steroid dienone is 1. The highest BCUT2D eigenvalue weighted by molar-refractivity contribution is 7.90. The van der Waals surface area contributed by atoms with E-state index < -0.39 is 28.0 Å². The maximum atomic E-state index is 13.6. The topological polar surface area (TPSA) is 105 Å². The Labute approximate surface area is 259 Å². The lowest BCUT2D eigenvalue weighted by atomic mass is 9.68. The molecule has 1 spiro atoms. The quantitative estimate of drug-likeness (QED) is 0.458. The van der Waals surface area contributed by atoms with Crippen molar-refractivity contribution in [2.24, 2.45) is 23.7 Å². The lowest BCUT2D eigenvalue weighted by molar-refractivity contribution is -0.126. The number of ether oxygens (including phenoxy) is 2. The van der Waals surface area contributed by atoms with Gasteiger partial charge >= 0.3 is 0 Å². The summed E-state index contributed by atoms with van der Waals surface area (Å²) in [6.07, 6.45) is 8.51. The molecule has 4 aliphatic rings. The van der Waals surface area contributed by atoms with Gasteiger partial charge in [-0.15, -0.1) is 0 Å². The monoisotopic (exact) mass is 628 g/mol. The van der Waals surface area contributed by atoms with Crippen molar-refractivity contribution in [1.82, 2.24) is 4.72 Å². The molecule has 6 atom stereocenters. The first-order valence-corrected chi connectivity index (χ1v) is 17.2. The minimum Gasteiger partial charge on any atom is -0.490 e. The Kier molecular flexibility index (Phi) is 8.54. The minimum atomic E-state index is -4.16. The van der Waals surface area contributed by atoms with Gasteiger partial charge in [-0.1, -0.05) is 36.7 Å². The largest absolute Gasteiger partial charge is 0.490 e. The van der Waals surface area contributed by atoms with Crippen LogP contribution < -0.4 is 14.4 Å². The predicted octanol–water partition coefficient (Wildman–Crippen LogP) is 4.86. The van der Waals surface area contributed by atoms with E-state index in [0.29, 0.717) is 37.6 Å². The van der Waals surface area contributed by atoms with Gasteiger partial charge in [-0.3, -0.25) is 4.79 Å². The van der Waals surface area contributed by atoms with Crippen LogP contribution in [0.25, 0.3) is 0 Å². The Bertz CT molecular complexity index is 1510. The first kappa shape index (κ1) is 30.4. The summed E-state index contributed by atoms with van der Waals surface area (Å²) in [5.74, 6) is -0.510. The molecular formula is C33H41ClN2O6S. The number of hydrogen-bond donors (Lipinski definition) is 2. The summed E-state index contributed by atoms with van der Waals surface area (Å²) in [6, 6.07) is 11.0. The van der Waals surface area contributed by atoms with Crippen molar-refractivity contribution < 1.29 is 27.8 Å². The Morgan fingerprint density at radius 2 is 2.05 bits per heavy atom. The number of benzene rings is 2. The summed E-state index contributed by atoms with van der Waals surface area (Å²) in [4.78, 5) is 15.6. The summed E-state index contributed by atoms with van der Waals surface area (Å²) in [6.45, 7) is 3.76. The molecule has 2 aliphatic heterocycles. The van der Waals surface area contributed by atoms with Gasteiger partial charge in [0, 0.05) is 30.6 Å². The number of nitrogens with zero attached hydrogens (tertiary/aromatic N) is 1. The minimum absolute atomic E-state index is 0.0148. The van der Waals surface area contributed by atoms with Gasteiger partial charge in [0.1, 0.15) is 5.75 Å². The average molecular weight is 629 g/mol. The van der Waals surface area contributed by atoms with Gasteiger partial charge in [-0.05, 0) is 97.7 Å². The molecule has 0 aromatic heterocycles. The molecule has 2 bridgehead atoms. The fraction of sp³-hybridized carbons (Fsp3) is 0.545. The fourth-order valence-corrected chi connectivity index (χ4v) is 8.74. The maximum absolute atomic E-state index is 13.6. The van der Waals surface area contributed by atoms with E-state index in [4.69, 9.17) is 21.1 Å². The van der Waals surface area contributed by atoms with Gasteiger partial charge in [0.15, 0.2) is 0 Å². The lowest BCUT2D eigenvalue weighted by Crippen LogP contribution is -2.49. The number of rotatable bonds is 2. The maximum Gasteiger partial charge on any atom is 0.264 e. The molecule has 0 saturated heterocycles. The summed E-state index contributed by atoms with van der Waals surface area (Å²) in [7, 11) is -2.67. The Morgan fingerprint density at radius 1 is 1.21 bits per heavy atom. The van der Waals surface area contributed by atoms with Crippen molar-refractivity contribution in [3.05, 3.63) is 64.7 Å². The zero-order valence-electron chi connectivity index (χ0n) is 24.8. The summed E-state index contributed by atoms with van der Waals surface area (Å²) in [5, 5.41) is 11.9. The molecule has 2 aromatic rings. The number of halogens is 1. The molecule has 2 aliphatic carbocycles. The Hall–Kier alpha value is -2.59. The second kappa shape index (κ2) is 12.1. The molecule has 43 heavy (non-hydrogen) atoms. The number of hydrogen-bond acceptors (Lipinski definition) is 7. The van der Waals surface area contributed by atoms with Crippen molar-refractivity contribution in [2.45, 2.75) is 61.9 Å². The van der Waals surface area contributed by atoms with Gasteiger partial charge < -0.3 is 19.5 Å². The zero-order valence-corrected chi connectivity index (χ0v) is 26.4. The number of amides is 1. The van der Waals surface area contributed by atoms with Gasteiger partial charge in [0.05, 0.1) is 35.8 Å². The lowest BCUT2D eigenvalue weighted by Gasteiger charge is -2.45. The van der Waals surface area contributed by atoms with Crippen LogP contribution in [0.15, 0.2) is 53.4 Å². The highest BCUT2D eigenvalue weighted by atomic mass is 35.5. The van der Waals surface area contributed by atoms with Gasteiger partial charge in [0.25, 0.3) is 10.0 Å². The smallest absolute Gasteiger partial charge is 0.264 e. The number of aliphatic hydroxyl groups is 1. The van der Waals surface area contributed by atoms with Crippen LogP contribution in [0, 0.1) is 23.7 Å². The van der Waals surface area contributed by atoms with E-state index >= 15 is 0 Å². The molecule has 0 radical (unpaired) electrons. The first-order chi connectivity index (χ1) is 20.6. The summed E-state index contributed by atoms with van der Waals surface area (Å²) in [5.41, 5.74) is 2.86. The molecule has 232 valence electrons. The van der Waals surface area contributed by atoms with Crippen molar-refractivity contribution >= 4 is 33.2 Å². The SMILES string of the molecule is COC[C@H]1C(=O)NS(=O)(=O)c2ccc3c(c2)N(C[C@@H]2CC[C@H]2[C@H](O)/C=C\C[C@@H]1C)C[C@@]1(CCCc2cc(Cl)ccc21)CO3. The van der Waals surface area contributed by atoms with Crippen LogP contribution in [0.2, 0.25) is 5.02 Å². The van der Waals surface area contributed by atoms with Crippen LogP contribution in [-0.2, 0) is 31.4 Å². The molecule has 0 unspecified atom stereocenters. The van der Waals surface area contributed by atoms with Crippen molar-refractivity contribution in [3.63, 3.8) is 0 Å². The highest BCUT2D eigenvalue weighted by Gasteiger charge is 2.44. The molecule has 8 nitrogen and oxygen atoms in total. The van der Waals surface area contributed by atoms with Gasteiger partial charge in [0.2, 0.25) is 5.91 Å². The number of nitrogens with one attached hydrogen (secondary N) is 1. The van der Waals surface area contributed by atoms with E-state index in [0.717, 1.165) is 37.1 Å². The number of sulfonamides is 1. The van der Waals surface area contributed by atoms with Gasteiger partial charge in [-0.25, -0.2) is 13.1 Å². The first-order valence-electron chi connectivity index (χ1n) is 15.3. The third-order valence-corrected chi connectivity index (χ3v) is 11.7. The average Bonchev–Trinajstić information content (AvgIpc) is 3.10. The second-order valence-corrected chi connectivity index (χ2v) is 15.0. The van der Waals surface area contributed by atoms with E-state index in [1.165, 1.54) is 24.3 Å². The molecule has 2 N–H and O–H groups in total. The molecule has 1 fully saturated rings. The van der Waals surface area contributed by atoms with Crippen LogP contribution >= 0.6 is 11.6 Å².